The van der Waals surface area contributed by atoms with Crippen molar-refractivity contribution in [3.8, 4) is 0 Å². The van der Waals surface area contributed by atoms with E-state index in [-0.39, 0.29) is 0 Å². The molecular weight excluding hydrogens is 340 g/mol. The molecule has 140 valence electrons. The van der Waals surface area contributed by atoms with Gasteiger partial charge >= 0.3 is 0 Å². The fourth-order valence-electron chi connectivity index (χ4n) is 3.33. The lowest BCUT2D eigenvalue weighted by atomic mass is 10.2. The molecule has 2 saturated heterocycles. The number of hydrogen-bond acceptors (Lipinski definition) is 6. The van der Waals surface area contributed by atoms with Crippen molar-refractivity contribution in [3.63, 3.8) is 0 Å². The topological polar surface area (TPSA) is 81.7 Å². The van der Waals surface area contributed by atoms with E-state index < -0.39 is 10.2 Å². The SMILES string of the molecule is O=S(=O)(NCCCN1CCN(c2ncccn2)CC1)N1CCCCC1. The molecule has 0 bridgehead atoms. The van der Waals surface area contributed by atoms with E-state index in [1.807, 2.05) is 6.07 Å². The smallest absolute Gasteiger partial charge is 0.279 e. The van der Waals surface area contributed by atoms with Crippen LogP contribution in [0.2, 0.25) is 0 Å². The second-order valence-corrected chi connectivity index (χ2v) is 8.35. The lowest BCUT2D eigenvalue weighted by molar-refractivity contribution is 0.254. The Balaban J connectivity index is 1.33. The predicted octanol–water partition coefficient (Wildman–Crippen LogP) is 0.309. The Labute approximate surface area is 150 Å². The largest absolute Gasteiger partial charge is 0.338 e. The zero-order valence-corrected chi connectivity index (χ0v) is 15.5. The van der Waals surface area contributed by atoms with Crippen LogP contribution in [0.25, 0.3) is 0 Å². The van der Waals surface area contributed by atoms with Crippen molar-refractivity contribution in [1.29, 1.82) is 0 Å². The number of anilines is 1. The van der Waals surface area contributed by atoms with Gasteiger partial charge in [-0.25, -0.2) is 14.7 Å². The highest BCUT2D eigenvalue weighted by Gasteiger charge is 2.23. The molecule has 1 N–H and O–H groups in total. The second kappa shape index (κ2) is 8.88. The summed E-state index contributed by atoms with van der Waals surface area (Å²) in [5.74, 6) is 0.788. The van der Waals surface area contributed by atoms with Crippen LogP contribution < -0.4 is 9.62 Å². The third-order valence-corrected chi connectivity index (χ3v) is 6.41. The molecule has 0 spiro atoms. The Hall–Kier alpha value is -1.29. The van der Waals surface area contributed by atoms with E-state index in [0.29, 0.717) is 19.6 Å². The van der Waals surface area contributed by atoms with Crippen molar-refractivity contribution in [2.75, 3.05) is 57.3 Å². The van der Waals surface area contributed by atoms with Gasteiger partial charge in [0.05, 0.1) is 0 Å². The third kappa shape index (κ3) is 5.34. The van der Waals surface area contributed by atoms with E-state index in [2.05, 4.69) is 24.5 Å². The molecule has 3 rings (SSSR count). The van der Waals surface area contributed by atoms with E-state index in [9.17, 15) is 8.42 Å². The summed E-state index contributed by atoms with van der Waals surface area (Å²) in [5.41, 5.74) is 0. The van der Waals surface area contributed by atoms with Crippen LogP contribution in [-0.2, 0) is 10.2 Å². The van der Waals surface area contributed by atoms with Gasteiger partial charge in [0.2, 0.25) is 5.95 Å². The molecule has 2 aliphatic heterocycles. The molecule has 2 fully saturated rings. The zero-order chi connectivity index (χ0) is 17.5. The van der Waals surface area contributed by atoms with Gasteiger partial charge in [-0.1, -0.05) is 6.42 Å². The van der Waals surface area contributed by atoms with Crippen molar-refractivity contribution in [2.45, 2.75) is 25.7 Å². The van der Waals surface area contributed by atoms with Gasteiger partial charge in [-0.15, -0.1) is 0 Å². The molecule has 0 unspecified atom stereocenters. The second-order valence-electron chi connectivity index (χ2n) is 6.59. The molecule has 1 aromatic heterocycles. The maximum Gasteiger partial charge on any atom is 0.279 e. The van der Waals surface area contributed by atoms with E-state index in [1.165, 1.54) is 0 Å². The van der Waals surface area contributed by atoms with Crippen LogP contribution in [0.15, 0.2) is 18.5 Å². The van der Waals surface area contributed by atoms with Gasteiger partial charge in [0, 0.05) is 58.2 Å². The average Bonchev–Trinajstić information content (AvgIpc) is 2.67. The van der Waals surface area contributed by atoms with Crippen molar-refractivity contribution in [2.24, 2.45) is 0 Å². The molecule has 25 heavy (non-hydrogen) atoms. The standard InChI is InChI=1S/C16H28N6O2S/c23-25(24,22-10-2-1-3-11-22)19-8-5-9-20-12-14-21(15-13-20)16-17-6-4-7-18-16/h4,6-7,19H,1-3,5,8-15H2. The van der Waals surface area contributed by atoms with Gasteiger partial charge in [-0.05, 0) is 31.9 Å². The highest BCUT2D eigenvalue weighted by atomic mass is 32.2. The molecule has 2 aliphatic rings. The minimum atomic E-state index is -3.29. The summed E-state index contributed by atoms with van der Waals surface area (Å²) in [6.45, 7) is 6.44. The van der Waals surface area contributed by atoms with Crippen LogP contribution in [0.5, 0.6) is 0 Å². The quantitative estimate of drug-likeness (QED) is 0.698. The number of piperidine rings is 1. The van der Waals surface area contributed by atoms with Gasteiger partial charge in [0.1, 0.15) is 0 Å². The number of nitrogens with one attached hydrogen (secondary N) is 1. The molecule has 0 atom stereocenters. The molecule has 0 saturated carbocycles. The average molecular weight is 369 g/mol. The summed E-state index contributed by atoms with van der Waals surface area (Å²) >= 11 is 0. The van der Waals surface area contributed by atoms with Crippen molar-refractivity contribution in [1.82, 2.24) is 23.9 Å². The molecule has 0 amide bonds. The number of aromatic nitrogens is 2. The van der Waals surface area contributed by atoms with Crippen molar-refractivity contribution >= 4 is 16.2 Å². The summed E-state index contributed by atoms with van der Waals surface area (Å²) in [5, 5.41) is 0. The summed E-state index contributed by atoms with van der Waals surface area (Å²) in [6.07, 6.45) is 7.43. The normalized spacial score (nSPS) is 20.7. The van der Waals surface area contributed by atoms with Crippen LogP contribution in [-0.4, -0.2) is 79.9 Å². The monoisotopic (exact) mass is 368 g/mol. The van der Waals surface area contributed by atoms with Crippen LogP contribution in [0.4, 0.5) is 5.95 Å². The molecule has 9 heteroatoms. The first-order chi connectivity index (χ1) is 12.1. The van der Waals surface area contributed by atoms with E-state index in [4.69, 9.17) is 0 Å². The van der Waals surface area contributed by atoms with Gasteiger partial charge in [0.25, 0.3) is 10.2 Å². The Morgan fingerprint density at radius 3 is 2.32 bits per heavy atom. The minimum Gasteiger partial charge on any atom is -0.338 e. The number of nitrogens with zero attached hydrogens (tertiary/aromatic N) is 5. The molecule has 8 nitrogen and oxygen atoms in total. The molecule has 0 radical (unpaired) electrons. The van der Waals surface area contributed by atoms with Gasteiger partial charge in [-0.2, -0.15) is 12.7 Å². The summed E-state index contributed by atoms with van der Waals surface area (Å²) < 4.78 is 28.8. The molecule has 1 aromatic rings. The Morgan fingerprint density at radius 2 is 1.64 bits per heavy atom. The fourth-order valence-corrected chi connectivity index (χ4v) is 4.65. The van der Waals surface area contributed by atoms with E-state index >= 15 is 0 Å². The Kier molecular flexibility index (Phi) is 6.57. The van der Waals surface area contributed by atoms with Crippen molar-refractivity contribution < 1.29 is 8.42 Å². The number of rotatable bonds is 7. The van der Waals surface area contributed by atoms with Crippen LogP contribution in [0.3, 0.4) is 0 Å². The molecule has 3 heterocycles. The van der Waals surface area contributed by atoms with Crippen LogP contribution >= 0.6 is 0 Å². The fraction of sp³-hybridized carbons (Fsp3) is 0.750. The summed E-state index contributed by atoms with van der Waals surface area (Å²) in [4.78, 5) is 13.1. The zero-order valence-electron chi connectivity index (χ0n) is 14.7. The highest BCUT2D eigenvalue weighted by molar-refractivity contribution is 7.87. The predicted molar refractivity (Wildman–Crippen MR) is 97.6 cm³/mol. The Bertz CT molecular complexity index is 613. The third-order valence-electron chi connectivity index (χ3n) is 4.80. The first-order valence-electron chi connectivity index (χ1n) is 9.14. The van der Waals surface area contributed by atoms with Gasteiger partial charge in [-0.3, -0.25) is 4.90 Å². The summed E-state index contributed by atoms with van der Waals surface area (Å²) in [7, 11) is -3.29. The minimum absolute atomic E-state index is 0.501. The number of hydrogen-bond donors (Lipinski definition) is 1. The van der Waals surface area contributed by atoms with E-state index in [1.54, 1.807) is 16.7 Å². The van der Waals surface area contributed by atoms with Gasteiger partial charge < -0.3 is 4.90 Å². The molecule has 0 aliphatic carbocycles. The highest BCUT2D eigenvalue weighted by Crippen LogP contribution is 2.12. The van der Waals surface area contributed by atoms with Crippen LogP contribution in [0.1, 0.15) is 25.7 Å². The maximum atomic E-state index is 12.2. The maximum absolute atomic E-state index is 12.2. The van der Waals surface area contributed by atoms with Crippen LogP contribution in [0, 0.1) is 0 Å². The van der Waals surface area contributed by atoms with Crippen molar-refractivity contribution in [3.05, 3.63) is 18.5 Å². The first kappa shape index (κ1) is 18.5. The lowest BCUT2D eigenvalue weighted by Crippen LogP contribution is -2.48. The lowest BCUT2D eigenvalue weighted by Gasteiger charge is -2.34. The van der Waals surface area contributed by atoms with E-state index in [0.717, 1.165) is 64.4 Å². The molecular formula is C16H28N6O2S. The first-order valence-corrected chi connectivity index (χ1v) is 10.6. The molecule has 0 aromatic carbocycles. The number of piperazine rings is 1. The summed E-state index contributed by atoms with van der Waals surface area (Å²) in [6, 6.07) is 1.82. The van der Waals surface area contributed by atoms with Gasteiger partial charge in [0.15, 0.2) is 0 Å². The Morgan fingerprint density at radius 1 is 0.960 bits per heavy atom.